The molecule has 0 radical (unpaired) electrons. The Morgan fingerprint density at radius 1 is 0.864 bits per heavy atom. The number of benzene rings is 4. The summed E-state index contributed by atoms with van der Waals surface area (Å²) in [4.78, 5) is 34.9. The first-order chi connectivity index (χ1) is 28.5. The highest BCUT2D eigenvalue weighted by atomic mass is 28.4. The van der Waals surface area contributed by atoms with Gasteiger partial charge in [0.1, 0.15) is 5.75 Å². The van der Waals surface area contributed by atoms with E-state index in [1.54, 1.807) is 36.5 Å². The number of fused-ring (bicyclic) bond motifs is 3. The number of ether oxygens (including phenoxy) is 1. The fourth-order valence-corrected chi connectivity index (χ4v) is 14.1. The summed E-state index contributed by atoms with van der Waals surface area (Å²) in [6.07, 6.45) is 5.09. The second kappa shape index (κ2) is 16.7. The van der Waals surface area contributed by atoms with Crippen LogP contribution in [0.5, 0.6) is 5.75 Å². The number of carbonyl (C=O) groups is 2. The zero-order chi connectivity index (χ0) is 41.3. The van der Waals surface area contributed by atoms with Gasteiger partial charge < -0.3 is 24.3 Å². The number of hydrogen-bond donors (Lipinski definition) is 3. The van der Waals surface area contributed by atoms with Crippen molar-refractivity contribution in [3.05, 3.63) is 156 Å². The number of imide groups is 1. The summed E-state index contributed by atoms with van der Waals surface area (Å²) >= 11 is 0. The molecule has 2 saturated heterocycles. The van der Waals surface area contributed by atoms with Crippen LogP contribution in [0.2, 0.25) is 5.04 Å². The predicted octanol–water partition coefficient (Wildman–Crippen LogP) is 5.89. The van der Waals surface area contributed by atoms with Crippen LogP contribution in [0.25, 0.3) is 11.6 Å². The molecule has 2 amide bonds. The van der Waals surface area contributed by atoms with Crippen molar-refractivity contribution in [1.29, 1.82) is 0 Å². The van der Waals surface area contributed by atoms with Crippen LogP contribution in [0.15, 0.2) is 145 Å². The molecule has 2 fully saturated rings. The van der Waals surface area contributed by atoms with Gasteiger partial charge in [0, 0.05) is 12.1 Å². The van der Waals surface area contributed by atoms with Gasteiger partial charge in [0.05, 0.1) is 42.5 Å². The monoisotopic (exact) mass is 804 g/mol. The summed E-state index contributed by atoms with van der Waals surface area (Å²) < 4.78 is 14.2. The third-order valence-corrected chi connectivity index (χ3v) is 17.2. The SMILES string of the molecule is CC(C)(C)[Si](OCC1=C2[C@@H](CC/C(=C/c3ccc(O)cc3)c3ccccn3)OC[C@@H]2[C@@H]2C(=O)N(c3cccc(B(O)O)c3)C(=O)[C@@H]2C1)(c1ccccc1)c1ccccc1. The van der Waals surface area contributed by atoms with E-state index < -0.39 is 27.3 Å². The van der Waals surface area contributed by atoms with E-state index in [1.807, 2.05) is 42.5 Å². The first kappa shape index (κ1) is 40.4. The van der Waals surface area contributed by atoms with E-state index in [9.17, 15) is 24.7 Å². The maximum atomic E-state index is 14.5. The minimum absolute atomic E-state index is 0.194. The molecule has 2 aliphatic heterocycles. The molecule has 8 rings (SSSR count). The van der Waals surface area contributed by atoms with Crippen LogP contribution in [0.4, 0.5) is 5.69 Å². The van der Waals surface area contributed by atoms with Crippen LogP contribution >= 0.6 is 0 Å². The van der Waals surface area contributed by atoms with Crippen molar-refractivity contribution in [1.82, 2.24) is 4.98 Å². The Balaban J connectivity index is 1.19. The van der Waals surface area contributed by atoms with Gasteiger partial charge in [-0.2, -0.15) is 0 Å². The van der Waals surface area contributed by atoms with Crippen LogP contribution in [0.3, 0.4) is 0 Å². The van der Waals surface area contributed by atoms with Crippen LogP contribution < -0.4 is 20.7 Å². The van der Waals surface area contributed by atoms with Gasteiger partial charge in [-0.3, -0.25) is 19.5 Å². The van der Waals surface area contributed by atoms with E-state index in [-0.39, 0.29) is 53.3 Å². The quantitative estimate of drug-likeness (QED) is 0.0811. The van der Waals surface area contributed by atoms with E-state index >= 15 is 0 Å². The van der Waals surface area contributed by atoms with Gasteiger partial charge >= 0.3 is 7.12 Å². The molecule has 300 valence electrons. The number of phenols is 1. The molecule has 3 aliphatic rings. The molecule has 0 unspecified atom stereocenters. The van der Waals surface area contributed by atoms with Gasteiger partial charge in [-0.05, 0) is 105 Å². The van der Waals surface area contributed by atoms with Gasteiger partial charge in [-0.25, -0.2) is 0 Å². The summed E-state index contributed by atoms with van der Waals surface area (Å²) in [5.74, 6) is -2.01. The van der Waals surface area contributed by atoms with Crippen LogP contribution in [0, 0.1) is 17.8 Å². The average Bonchev–Trinajstić information content (AvgIpc) is 3.78. The molecule has 11 heteroatoms. The maximum Gasteiger partial charge on any atom is 0.488 e. The fraction of sp³-hybridized carbons (Fsp3) is 0.271. The van der Waals surface area contributed by atoms with E-state index in [1.165, 1.54) is 11.0 Å². The molecule has 5 aromatic rings. The van der Waals surface area contributed by atoms with Crippen molar-refractivity contribution in [3.8, 4) is 5.75 Å². The summed E-state index contributed by atoms with van der Waals surface area (Å²) in [6.45, 7) is 7.28. The third-order valence-electron chi connectivity index (χ3n) is 12.2. The second-order valence-electron chi connectivity index (χ2n) is 16.8. The minimum Gasteiger partial charge on any atom is -0.508 e. The van der Waals surface area contributed by atoms with Crippen molar-refractivity contribution >= 4 is 60.4 Å². The lowest BCUT2D eigenvalue weighted by molar-refractivity contribution is -0.122. The van der Waals surface area contributed by atoms with E-state index in [4.69, 9.17) is 9.16 Å². The molecule has 1 aromatic heterocycles. The Hall–Kier alpha value is -5.43. The summed E-state index contributed by atoms with van der Waals surface area (Å²) in [5.41, 5.74) is 5.33. The molecule has 0 bridgehead atoms. The zero-order valence-corrected chi connectivity index (χ0v) is 34.6. The van der Waals surface area contributed by atoms with Crippen molar-refractivity contribution in [3.63, 3.8) is 0 Å². The number of carbonyl (C=O) groups excluding carboxylic acids is 2. The van der Waals surface area contributed by atoms with Crippen molar-refractivity contribution < 1.29 is 33.9 Å². The van der Waals surface area contributed by atoms with Crippen LogP contribution in [-0.2, 0) is 18.8 Å². The third kappa shape index (κ3) is 7.77. The Morgan fingerprint density at radius 3 is 2.17 bits per heavy atom. The number of hydrogen-bond acceptors (Lipinski definition) is 8. The number of pyridine rings is 1. The van der Waals surface area contributed by atoms with E-state index in [2.05, 4.69) is 80.4 Å². The molecule has 4 aromatic carbocycles. The predicted molar refractivity (Wildman–Crippen MR) is 234 cm³/mol. The van der Waals surface area contributed by atoms with Crippen molar-refractivity contribution in [2.45, 2.75) is 51.2 Å². The second-order valence-corrected chi connectivity index (χ2v) is 21.1. The number of nitrogens with zero attached hydrogens (tertiary/aromatic N) is 2. The first-order valence-electron chi connectivity index (χ1n) is 20.3. The number of rotatable bonds is 12. The first-order valence-corrected chi connectivity index (χ1v) is 22.2. The molecule has 3 heterocycles. The standard InChI is InChI=1S/C48H49BN2O7Si/c1-48(2,3)59(38-15-6-4-7-16-38,39-17-8-5-9-18-39)58-30-34-28-40-45(47(54)51(46(40)53)36-14-12-13-35(29-36)49(55)56)41-31-57-43(44(34)41)25-22-33(42-19-10-11-26-50-42)27-32-20-23-37(52)24-21-32/h4-21,23-24,26-27,29,40-41,43,45,52,55-56H,22,25,28,30-31H2,1-3H3/b33-27-/t40-,41+,43-,45-/m1/s1. The topological polar surface area (TPSA) is 129 Å². The van der Waals surface area contributed by atoms with Gasteiger partial charge in [-0.15, -0.1) is 0 Å². The number of phenolic OH excluding ortho intramolecular Hbond substituents is 1. The molecule has 1 aliphatic carbocycles. The Morgan fingerprint density at radius 2 is 1.54 bits per heavy atom. The highest BCUT2D eigenvalue weighted by molar-refractivity contribution is 6.99. The summed E-state index contributed by atoms with van der Waals surface area (Å²) in [7, 11) is -4.74. The van der Waals surface area contributed by atoms with Crippen LogP contribution in [-0.4, -0.2) is 66.7 Å². The molecular formula is C48H49BN2O7Si. The molecule has 4 atom stereocenters. The number of anilines is 1. The average molecular weight is 805 g/mol. The molecule has 9 nitrogen and oxygen atoms in total. The van der Waals surface area contributed by atoms with Crippen LogP contribution in [0.1, 0.15) is 51.3 Å². The largest absolute Gasteiger partial charge is 0.508 e. The summed E-state index contributed by atoms with van der Waals surface area (Å²) in [6, 6.07) is 40.2. The molecule has 59 heavy (non-hydrogen) atoms. The van der Waals surface area contributed by atoms with Gasteiger partial charge in [0.25, 0.3) is 8.32 Å². The molecule has 0 spiro atoms. The summed E-state index contributed by atoms with van der Waals surface area (Å²) in [5, 5.41) is 31.8. The van der Waals surface area contributed by atoms with Crippen molar-refractivity contribution in [2.75, 3.05) is 18.1 Å². The number of allylic oxidation sites excluding steroid dienone is 1. The highest BCUT2D eigenvalue weighted by Gasteiger charge is 2.58. The number of aromatic hydroxyl groups is 1. The van der Waals surface area contributed by atoms with E-state index in [0.717, 1.165) is 38.4 Å². The van der Waals surface area contributed by atoms with E-state index in [0.29, 0.717) is 24.9 Å². The smallest absolute Gasteiger partial charge is 0.488 e. The number of amides is 2. The van der Waals surface area contributed by atoms with Crippen molar-refractivity contribution in [2.24, 2.45) is 17.8 Å². The van der Waals surface area contributed by atoms with Gasteiger partial charge in [0.2, 0.25) is 11.8 Å². The highest BCUT2D eigenvalue weighted by Crippen LogP contribution is 2.51. The normalized spacial score (nSPS) is 20.8. The lowest BCUT2D eigenvalue weighted by Gasteiger charge is -2.44. The Labute approximate surface area is 347 Å². The lowest BCUT2D eigenvalue weighted by atomic mass is 9.69. The Bertz CT molecular complexity index is 2330. The van der Waals surface area contributed by atoms with Gasteiger partial charge in [-0.1, -0.05) is 112 Å². The minimum atomic E-state index is -2.99. The maximum absolute atomic E-state index is 14.5. The Kier molecular flexibility index (Phi) is 11.4. The molecular weight excluding hydrogens is 755 g/mol. The number of aromatic nitrogens is 1. The lowest BCUT2D eigenvalue weighted by Crippen LogP contribution is -2.66. The fourth-order valence-electron chi connectivity index (χ4n) is 9.53. The molecule has 0 saturated carbocycles. The van der Waals surface area contributed by atoms with Gasteiger partial charge in [0.15, 0.2) is 0 Å². The zero-order valence-electron chi connectivity index (χ0n) is 33.6. The molecule has 3 N–H and O–H groups in total.